The molecular weight excluding hydrogens is 240 g/mol. The van der Waals surface area contributed by atoms with E-state index in [1.54, 1.807) is 11.3 Å². The Morgan fingerprint density at radius 3 is 2.41 bits per heavy atom. The number of hydrogen-bond acceptors (Lipinski definition) is 1. The zero-order valence-electron chi connectivity index (χ0n) is 10.4. The monoisotopic (exact) mass is 258 g/mol. The third kappa shape index (κ3) is 2.43. The lowest BCUT2D eigenvalue weighted by molar-refractivity contribution is 1.16. The first-order valence-corrected chi connectivity index (χ1v) is 9.88. The smallest absolute Gasteiger partial charge is 0.0919 e. The van der Waals surface area contributed by atoms with E-state index in [1.165, 1.54) is 10.8 Å². The van der Waals surface area contributed by atoms with Crippen molar-refractivity contribution >= 4 is 24.6 Å². The molecular formula is C15H18SSi. The molecule has 2 aromatic rings. The number of hydrogen-bond donors (Lipinski definition) is 0. The molecule has 0 nitrogen and oxygen atoms in total. The summed E-state index contributed by atoms with van der Waals surface area (Å²) in [6.45, 7) is 8.89. The predicted molar refractivity (Wildman–Crippen MR) is 80.8 cm³/mol. The predicted octanol–water partition coefficient (Wildman–Crippen LogP) is 4.17. The summed E-state index contributed by atoms with van der Waals surface area (Å²) in [5, 5.41) is 5.90. The highest BCUT2D eigenvalue weighted by Crippen LogP contribution is 2.29. The maximum absolute atomic E-state index is 4.05. The van der Waals surface area contributed by atoms with Gasteiger partial charge in [-0.3, -0.25) is 0 Å². The Hall–Kier alpha value is -1.12. The number of benzene rings is 1. The van der Waals surface area contributed by atoms with Crippen LogP contribution in [0.3, 0.4) is 0 Å². The lowest BCUT2D eigenvalue weighted by Crippen LogP contribution is -2.46. The van der Waals surface area contributed by atoms with Crippen LogP contribution in [0.2, 0.25) is 13.1 Å². The van der Waals surface area contributed by atoms with Crippen LogP contribution in [0.5, 0.6) is 0 Å². The zero-order chi connectivity index (χ0) is 12.3. The molecule has 88 valence electrons. The second-order valence-electron chi connectivity index (χ2n) is 4.86. The molecule has 0 aliphatic heterocycles. The summed E-state index contributed by atoms with van der Waals surface area (Å²) >= 11 is 1.77. The van der Waals surface area contributed by atoms with Crippen LogP contribution in [0.4, 0.5) is 0 Å². The molecule has 0 aliphatic rings. The van der Waals surface area contributed by atoms with Crippen molar-refractivity contribution in [2.45, 2.75) is 18.6 Å². The first-order valence-electron chi connectivity index (χ1n) is 5.86. The molecule has 2 rings (SSSR count). The van der Waals surface area contributed by atoms with Crippen LogP contribution in [-0.4, -0.2) is 8.07 Å². The van der Waals surface area contributed by atoms with Crippen molar-refractivity contribution in [1.82, 2.24) is 0 Å². The van der Waals surface area contributed by atoms with E-state index in [2.05, 4.69) is 72.9 Å². The normalized spacial score (nSPS) is 13.3. The maximum atomic E-state index is 4.05. The summed E-state index contributed by atoms with van der Waals surface area (Å²) in [4.78, 5) is 0. The van der Waals surface area contributed by atoms with E-state index >= 15 is 0 Å². The maximum Gasteiger partial charge on any atom is 0.0919 e. The van der Waals surface area contributed by atoms with Gasteiger partial charge in [-0.15, -0.1) is 6.58 Å². The molecule has 1 heterocycles. The third-order valence-electron chi connectivity index (χ3n) is 3.43. The van der Waals surface area contributed by atoms with Crippen molar-refractivity contribution in [2.75, 3.05) is 0 Å². The van der Waals surface area contributed by atoms with Gasteiger partial charge in [-0.25, -0.2) is 0 Å². The Bertz CT molecular complexity index is 471. The minimum atomic E-state index is -1.52. The Labute approximate surface area is 109 Å². The minimum Gasteiger partial charge on any atom is -0.152 e. The van der Waals surface area contributed by atoms with E-state index in [9.17, 15) is 0 Å². The van der Waals surface area contributed by atoms with Gasteiger partial charge in [0, 0.05) is 5.54 Å². The van der Waals surface area contributed by atoms with Gasteiger partial charge >= 0.3 is 0 Å². The van der Waals surface area contributed by atoms with E-state index in [4.69, 9.17) is 0 Å². The average Bonchev–Trinajstić information content (AvgIpc) is 2.84. The third-order valence-corrected chi connectivity index (χ3v) is 8.08. The minimum absolute atomic E-state index is 0.496. The molecule has 0 spiro atoms. The Kier molecular flexibility index (Phi) is 3.65. The van der Waals surface area contributed by atoms with Gasteiger partial charge in [0.15, 0.2) is 0 Å². The van der Waals surface area contributed by atoms with Crippen LogP contribution in [0.25, 0.3) is 0 Å². The summed E-state index contributed by atoms with van der Waals surface area (Å²) in [7, 11) is -1.52. The molecule has 0 fully saturated rings. The largest absolute Gasteiger partial charge is 0.152 e. The highest BCUT2D eigenvalue weighted by Gasteiger charge is 2.32. The highest BCUT2D eigenvalue weighted by atomic mass is 32.1. The van der Waals surface area contributed by atoms with Gasteiger partial charge < -0.3 is 0 Å². The summed E-state index contributed by atoms with van der Waals surface area (Å²) < 4.78 is 0. The molecule has 1 atom stereocenters. The van der Waals surface area contributed by atoms with E-state index < -0.39 is 8.07 Å². The van der Waals surface area contributed by atoms with Crippen LogP contribution in [0.15, 0.2) is 59.8 Å². The fraction of sp³-hybridized carbons (Fsp3) is 0.200. The lowest BCUT2D eigenvalue weighted by Gasteiger charge is -2.30. The molecule has 17 heavy (non-hydrogen) atoms. The van der Waals surface area contributed by atoms with Crippen LogP contribution in [-0.2, 0) is 0 Å². The van der Waals surface area contributed by atoms with Crippen molar-refractivity contribution in [3.05, 3.63) is 65.4 Å². The first kappa shape index (κ1) is 12.3. The summed E-state index contributed by atoms with van der Waals surface area (Å²) in [6.07, 6.45) is 2.13. The van der Waals surface area contributed by atoms with Gasteiger partial charge in [0.25, 0.3) is 0 Å². The van der Waals surface area contributed by atoms with Crippen molar-refractivity contribution in [1.29, 1.82) is 0 Å². The fourth-order valence-corrected chi connectivity index (χ4v) is 6.18. The molecule has 0 bridgehead atoms. The Morgan fingerprint density at radius 2 is 1.88 bits per heavy atom. The molecule has 1 aromatic heterocycles. The Morgan fingerprint density at radius 1 is 1.18 bits per heavy atom. The fourth-order valence-electron chi connectivity index (χ4n) is 2.35. The topological polar surface area (TPSA) is 0 Å². The van der Waals surface area contributed by atoms with Gasteiger partial charge in [-0.05, 0) is 22.4 Å². The molecule has 0 aliphatic carbocycles. The van der Waals surface area contributed by atoms with Crippen molar-refractivity contribution in [3.8, 4) is 0 Å². The van der Waals surface area contributed by atoms with Gasteiger partial charge in [0.05, 0.1) is 8.07 Å². The van der Waals surface area contributed by atoms with Gasteiger partial charge in [0.2, 0.25) is 0 Å². The lowest BCUT2D eigenvalue weighted by atomic mass is 10.2. The summed E-state index contributed by atoms with van der Waals surface area (Å²) in [5.41, 5.74) is 1.92. The molecule has 0 N–H and O–H groups in total. The van der Waals surface area contributed by atoms with Gasteiger partial charge in [0.1, 0.15) is 0 Å². The van der Waals surface area contributed by atoms with Crippen molar-refractivity contribution in [3.63, 3.8) is 0 Å². The van der Waals surface area contributed by atoms with Crippen LogP contribution in [0, 0.1) is 0 Å². The van der Waals surface area contributed by atoms with E-state index in [-0.39, 0.29) is 0 Å². The molecule has 0 saturated carbocycles. The van der Waals surface area contributed by atoms with Crippen LogP contribution in [0.1, 0.15) is 11.1 Å². The second-order valence-corrected chi connectivity index (χ2v) is 10.3. The second kappa shape index (κ2) is 5.03. The Balaban J connectivity index is 2.40. The standard InChI is InChI=1S/C15H18SSi/c1-4-15(13-10-11-16-12-13)17(2,3)14-8-6-5-7-9-14/h4-12,15H,1H2,2-3H3. The average molecular weight is 258 g/mol. The SMILES string of the molecule is C=CC(c1ccsc1)[Si](C)(C)c1ccccc1. The summed E-state index contributed by atoms with van der Waals surface area (Å²) in [5.74, 6) is 0. The van der Waals surface area contributed by atoms with Crippen molar-refractivity contribution in [2.24, 2.45) is 0 Å². The number of rotatable bonds is 4. The van der Waals surface area contributed by atoms with Crippen LogP contribution < -0.4 is 5.19 Å². The van der Waals surface area contributed by atoms with Gasteiger partial charge in [-0.2, -0.15) is 11.3 Å². The van der Waals surface area contributed by atoms with E-state index in [1.807, 2.05) is 0 Å². The number of thiophene rings is 1. The molecule has 0 amide bonds. The van der Waals surface area contributed by atoms with E-state index in [0.29, 0.717) is 5.54 Å². The van der Waals surface area contributed by atoms with Gasteiger partial charge in [-0.1, -0.05) is 54.7 Å². The summed E-state index contributed by atoms with van der Waals surface area (Å²) in [6, 6.07) is 13.1. The quantitative estimate of drug-likeness (QED) is 0.570. The zero-order valence-corrected chi connectivity index (χ0v) is 12.2. The van der Waals surface area contributed by atoms with Crippen molar-refractivity contribution < 1.29 is 0 Å². The number of allylic oxidation sites excluding steroid dienone is 1. The molecule has 1 unspecified atom stereocenters. The first-order chi connectivity index (χ1) is 8.16. The molecule has 1 aromatic carbocycles. The highest BCUT2D eigenvalue weighted by molar-refractivity contribution is 7.08. The van der Waals surface area contributed by atoms with E-state index in [0.717, 1.165) is 0 Å². The molecule has 2 heteroatoms. The molecule has 0 saturated heterocycles. The van der Waals surface area contributed by atoms with Crippen LogP contribution >= 0.6 is 11.3 Å². The molecule has 0 radical (unpaired) electrons.